The molecule has 0 aliphatic rings. The smallest absolute Gasteiger partial charge is 0.336 e. The van der Waals surface area contributed by atoms with Crippen LogP contribution in [0.15, 0.2) is 52.3 Å². The van der Waals surface area contributed by atoms with E-state index in [4.69, 9.17) is 9.47 Å². The van der Waals surface area contributed by atoms with Crippen LogP contribution in [0.1, 0.15) is 22.8 Å². The Labute approximate surface area is 138 Å². The summed E-state index contributed by atoms with van der Waals surface area (Å²) in [7, 11) is 1.49. The monoisotopic (exact) mass is 332 g/mol. The molecule has 1 N–H and O–H groups in total. The number of carboxylic acid groups (broad SMARTS) is 1. The van der Waals surface area contributed by atoms with Gasteiger partial charge >= 0.3 is 11.9 Å². The minimum Gasteiger partial charge on any atom is -0.497 e. The Balaban J connectivity index is 2.32. The lowest BCUT2D eigenvalue weighted by Gasteiger charge is -2.11. The van der Waals surface area contributed by atoms with Crippen molar-refractivity contribution in [3.05, 3.63) is 53.6 Å². The maximum absolute atomic E-state index is 11.4. The molecule has 0 spiro atoms. The summed E-state index contributed by atoms with van der Waals surface area (Å²) >= 11 is 1.31. The van der Waals surface area contributed by atoms with Crippen LogP contribution >= 0.6 is 11.8 Å². The van der Waals surface area contributed by atoms with Gasteiger partial charge < -0.3 is 14.6 Å². The number of esters is 1. The summed E-state index contributed by atoms with van der Waals surface area (Å²) in [5.74, 6) is -0.899. The molecule has 0 bridgehead atoms. The highest BCUT2D eigenvalue weighted by atomic mass is 32.2. The van der Waals surface area contributed by atoms with Gasteiger partial charge in [0.25, 0.3) is 0 Å². The lowest BCUT2D eigenvalue weighted by atomic mass is 10.2. The fourth-order valence-corrected chi connectivity index (χ4v) is 2.95. The molecule has 0 heterocycles. The maximum Gasteiger partial charge on any atom is 0.336 e. The number of carbonyl (C=O) groups is 2. The molecule has 0 aliphatic carbocycles. The lowest BCUT2D eigenvalue weighted by Crippen LogP contribution is -2.01. The van der Waals surface area contributed by atoms with Crippen LogP contribution in [0, 0.1) is 0 Å². The molecular weight excluding hydrogens is 316 g/mol. The Morgan fingerprint density at radius 2 is 1.87 bits per heavy atom. The van der Waals surface area contributed by atoms with Crippen LogP contribution in [0.5, 0.6) is 5.75 Å². The van der Waals surface area contributed by atoms with Crippen LogP contribution in [0.25, 0.3) is 0 Å². The minimum atomic E-state index is -1.02. The number of hydrogen-bond acceptors (Lipinski definition) is 5. The van der Waals surface area contributed by atoms with Crippen molar-refractivity contribution in [2.75, 3.05) is 7.11 Å². The van der Waals surface area contributed by atoms with Gasteiger partial charge in [-0.3, -0.25) is 4.79 Å². The molecule has 0 radical (unpaired) electrons. The van der Waals surface area contributed by atoms with Gasteiger partial charge in [-0.25, -0.2) is 4.79 Å². The van der Waals surface area contributed by atoms with Crippen molar-refractivity contribution >= 4 is 23.7 Å². The Morgan fingerprint density at radius 1 is 1.13 bits per heavy atom. The highest BCUT2D eigenvalue weighted by Crippen LogP contribution is 2.34. The van der Waals surface area contributed by atoms with Gasteiger partial charge in [0.15, 0.2) is 0 Å². The maximum atomic E-state index is 11.4. The number of carboxylic acids is 1. The number of benzene rings is 2. The first-order valence-electron chi connectivity index (χ1n) is 6.81. The number of aromatic carboxylic acids is 1. The summed E-state index contributed by atoms with van der Waals surface area (Å²) in [5, 5.41) is 9.37. The Hall–Kier alpha value is -2.47. The van der Waals surface area contributed by atoms with Gasteiger partial charge in [0.1, 0.15) is 12.4 Å². The molecule has 0 saturated carbocycles. The van der Waals surface area contributed by atoms with E-state index >= 15 is 0 Å². The van der Waals surface area contributed by atoms with Crippen LogP contribution < -0.4 is 4.74 Å². The second-order valence-electron chi connectivity index (χ2n) is 4.66. The molecule has 0 unspecified atom stereocenters. The van der Waals surface area contributed by atoms with Gasteiger partial charge in [-0.1, -0.05) is 30.0 Å². The lowest BCUT2D eigenvalue weighted by molar-refractivity contribution is -0.142. The fourth-order valence-electron chi connectivity index (χ4n) is 1.91. The average Bonchev–Trinajstić information content (AvgIpc) is 2.54. The molecular formula is C17H16O5S. The first-order chi connectivity index (χ1) is 11.0. The van der Waals surface area contributed by atoms with Crippen molar-refractivity contribution in [3.8, 4) is 5.75 Å². The molecule has 0 fully saturated rings. The van der Waals surface area contributed by atoms with Gasteiger partial charge in [0, 0.05) is 22.3 Å². The van der Waals surface area contributed by atoms with Gasteiger partial charge in [0.05, 0.1) is 12.7 Å². The van der Waals surface area contributed by atoms with Crippen LogP contribution in [0.3, 0.4) is 0 Å². The predicted octanol–water partition coefficient (Wildman–Crippen LogP) is 3.61. The van der Waals surface area contributed by atoms with Crippen molar-refractivity contribution in [2.45, 2.75) is 23.3 Å². The number of carbonyl (C=O) groups excluding carboxylic acids is 1. The molecule has 120 valence electrons. The third kappa shape index (κ3) is 4.50. The van der Waals surface area contributed by atoms with E-state index in [1.54, 1.807) is 12.1 Å². The summed E-state index contributed by atoms with van der Waals surface area (Å²) in [6, 6.07) is 12.3. The molecule has 5 nitrogen and oxygen atoms in total. The SMILES string of the molecule is COc1ccc(Sc2ccccc2COC(C)=O)c(C(=O)O)c1. The summed E-state index contributed by atoms with van der Waals surface area (Å²) in [4.78, 5) is 23.8. The van der Waals surface area contributed by atoms with Crippen molar-refractivity contribution in [2.24, 2.45) is 0 Å². The summed E-state index contributed by atoms with van der Waals surface area (Å²) in [6.45, 7) is 1.50. The van der Waals surface area contributed by atoms with E-state index in [-0.39, 0.29) is 18.1 Å². The minimum absolute atomic E-state index is 0.150. The second kappa shape index (κ2) is 7.69. The van der Waals surface area contributed by atoms with Gasteiger partial charge in [-0.05, 0) is 24.3 Å². The Morgan fingerprint density at radius 3 is 2.52 bits per heavy atom. The molecule has 2 aromatic rings. The largest absolute Gasteiger partial charge is 0.497 e. The van der Waals surface area contributed by atoms with Crippen molar-refractivity contribution < 1.29 is 24.2 Å². The molecule has 0 atom stereocenters. The molecule has 2 aromatic carbocycles. The first-order valence-corrected chi connectivity index (χ1v) is 7.63. The van der Waals surface area contributed by atoms with E-state index in [0.29, 0.717) is 10.6 Å². The zero-order valence-corrected chi connectivity index (χ0v) is 13.6. The highest BCUT2D eigenvalue weighted by molar-refractivity contribution is 7.99. The van der Waals surface area contributed by atoms with E-state index in [9.17, 15) is 14.7 Å². The van der Waals surface area contributed by atoms with Crippen molar-refractivity contribution in [1.82, 2.24) is 0 Å². The van der Waals surface area contributed by atoms with E-state index < -0.39 is 5.97 Å². The molecule has 2 rings (SSSR count). The van der Waals surface area contributed by atoms with Gasteiger partial charge in [-0.2, -0.15) is 0 Å². The van der Waals surface area contributed by atoms with E-state index in [0.717, 1.165) is 10.5 Å². The molecule has 0 aliphatic heterocycles. The summed E-state index contributed by atoms with van der Waals surface area (Å²) in [6.07, 6.45) is 0. The topological polar surface area (TPSA) is 72.8 Å². The predicted molar refractivity (Wildman–Crippen MR) is 86.0 cm³/mol. The second-order valence-corrected chi connectivity index (χ2v) is 5.74. The van der Waals surface area contributed by atoms with Crippen LogP contribution in [0.4, 0.5) is 0 Å². The van der Waals surface area contributed by atoms with E-state index in [2.05, 4.69) is 0 Å². The molecule has 0 aromatic heterocycles. The Kier molecular flexibility index (Phi) is 5.65. The van der Waals surface area contributed by atoms with Gasteiger partial charge in [-0.15, -0.1) is 0 Å². The van der Waals surface area contributed by atoms with E-state index in [1.165, 1.54) is 31.9 Å². The number of rotatable bonds is 6. The Bertz CT molecular complexity index is 727. The normalized spacial score (nSPS) is 10.2. The van der Waals surface area contributed by atoms with Crippen molar-refractivity contribution in [3.63, 3.8) is 0 Å². The fraction of sp³-hybridized carbons (Fsp3) is 0.176. The van der Waals surface area contributed by atoms with Gasteiger partial charge in [0.2, 0.25) is 0 Å². The average molecular weight is 332 g/mol. The zero-order valence-electron chi connectivity index (χ0n) is 12.7. The number of methoxy groups -OCH3 is 1. The summed E-state index contributed by atoms with van der Waals surface area (Å²) < 4.78 is 10.1. The first kappa shape index (κ1) is 16.9. The van der Waals surface area contributed by atoms with Crippen LogP contribution in [-0.2, 0) is 16.1 Å². The number of hydrogen-bond donors (Lipinski definition) is 1. The summed E-state index contributed by atoms with van der Waals surface area (Å²) in [5.41, 5.74) is 0.983. The van der Waals surface area contributed by atoms with E-state index in [1.807, 2.05) is 24.3 Å². The third-order valence-electron chi connectivity index (χ3n) is 3.04. The van der Waals surface area contributed by atoms with Crippen LogP contribution in [0.2, 0.25) is 0 Å². The van der Waals surface area contributed by atoms with Crippen molar-refractivity contribution in [1.29, 1.82) is 0 Å². The third-order valence-corrected chi connectivity index (χ3v) is 4.23. The molecule has 0 amide bonds. The zero-order chi connectivity index (χ0) is 16.8. The van der Waals surface area contributed by atoms with Crippen LogP contribution in [-0.4, -0.2) is 24.2 Å². The number of ether oxygens (including phenoxy) is 2. The molecule has 23 heavy (non-hydrogen) atoms. The molecule has 0 saturated heterocycles. The highest BCUT2D eigenvalue weighted by Gasteiger charge is 2.14. The standard InChI is InChI=1S/C17H16O5S/c1-11(18)22-10-12-5-3-4-6-15(12)23-16-8-7-13(21-2)9-14(16)17(19)20/h3-9H,10H2,1-2H3,(H,19,20). The quantitative estimate of drug-likeness (QED) is 0.815. The molecule has 6 heteroatoms.